The Labute approximate surface area is 172 Å². The van der Waals surface area contributed by atoms with Crippen LogP contribution in [0.4, 0.5) is 5.13 Å². The van der Waals surface area contributed by atoms with E-state index in [2.05, 4.69) is 15.2 Å². The van der Waals surface area contributed by atoms with Crippen LogP contribution >= 0.6 is 22.7 Å². The molecule has 9 heteroatoms. The lowest BCUT2D eigenvalue weighted by Gasteiger charge is -2.35. The highest BCUT2D eigenvalue weighted by Crippen LogP contribution is 2.19. The van der Waals surface area contributed by atoms with Crippen molar-refractivity contribution >= 4 is 39.6 Å². The third-order valence-electron chi connectivity index (χ3n) is 5.06. The summed E-state index contributed by atoms with van der Waals surface area (Å²) < 4.78 is 5.70. The normalized spacial score (nSPS) is 20.4. The Hall–Kier alpha value is -1.81. The van der Waals surface area contributed by atoms with Gasteiger partial charge in [0.05, 0.1) is 23.1 Å². The van der Waals surface area contributed by atoms with Gasteiger partial charge < -0.3 is 9.64 Å². The number of thiophene rings is 1. The molecule has 2 fully saturated rings. The molecular weight excluding hydrogens is 396 g/mol. The molecule has 1 N–H and O–H groups in total. The predicted molar refractivity (Wildman–Crippen MR) is 110 cm³/mol. The summed E-state index contributed by atoms with van der Waals surface area (Å²) in [5.41, 5.74) is 0.707. The number of rotatable bonds is 6. The lowest BCUT2D eigenvalue weighted by molar-refractivity contribution is -0.132. The number of amides is 2. The van der Waals surface area contributed by atoms with Gasteiger partial charge in [0.2, 0.25) is 5.91 Å². The van der Waals surface area contributed by atoms with Crippen LogP contribution in [-0.4, -0.2) is 72.0 Å². The minimum Gasteiger partial charge on any atom is -0.377 e. The number of carbonyl (C=O) groups excluding carboxylic acids is 2. The fourth-order valence-corrected chi connectivity index (χ4v) is 4.86. The number of hydrogen-bond donors (Lipinski definition) is 1. The zero-order chi connectivity index (χ0) is 19.3. The van der Waals surface area contributed by atoms with Crippen LogP contribution in [0.2, 0.25) is 0 Å². The number of hydrogen-bond acceptors (Lipinski definition) is 7. The second kappa shape index (κ2) is 9.13. The van der Waals surface area contributed by atoms with Crippen LogP contribution in [0, 0.1) is 0 Å². The van der Waals surface area contributed by atoms with Crippen molar-refractivity contribution in [3.63, 3.8) is 0 Å². The quantitative estimate of drug-likeness (QED) is 0.776. The molecule has 0 aliphatic carbocycles. The monoisotopic (exact) mass is 420 g/mol. The van der Waals surface area contributed by atoms with Gasteiger partial charge >= 0.3 is 0 Å². The van der Waals surface area contributed by atoms with Crippen LogP contribution in [0.5, 0.6) is 0 Å². The molecule has 2 amide bonds. The Morgan fingerprint density at radius 3 is 2.82 bits per heavy atom. The minimum atomic E-state index is -0.162. The van der Waals surface area contributed by atoms with Crippen LogP contribution < -0.4 is 5.32 Å². The largest absolute Gasteiger partial charge is 0.377 e. The van der Waals surface area contributed by atoms with Crippen molar-refractivity contribution in [2.45, 2.75) is 25.4 Å². The molecule has 4 heterocycles. The molecule has 2 aromatic rings. The Kier molecular flexibility index (Phi) is 6.36. The number of nitrogens with one attached hydrogen (secondary N) is 1. The molecule has 0 saturated carbocycles. The highest BCUT2D eigenvalue weighted by molar-refractivity contribution is 7.14. The maximum absolute atomic E-state index is 12.6. The van der Waals surface area contributed by atoms with E-state index in [1.165, 1.54) is 22.7 Å². The van der Waals surface area contributed by atoms with Gasteiger partial charge in [-0.15, -0.1) is 22.7 Å². The van der Waals surface area contributed by atoms with Gasteiger partial charge in [0, 0.05) is 44.7 Å². The lowest BCUT2D eigenvalue weighted by atomic mass is 10.2. The van der Waals surface area contributed by atoms with Gasteiger partial charge in [0.25, 0.3) is 5.91 Å². The molecule has 0 bridgehead atoms. The molecule has 1 atom stereocenters. The SMILES string of the molecule is O=C(Nc1nc(CC(=O)N2CCN(CC3CCCO3)CC2)cs1)c1cccs1. The molecule has 2 aliphatic rings. The Balaban J connectivity index is 1.23. The van der Waals surface area contributed by atoms with Crippen molar-refractivity contribution in [3.8, 4) is 0 Å². The maximum Gasteiger partial charge on any atom is 0.267 e. The first-order chi connectivity index (χ1) is 13.7. The number of anilines is 1. The van der Waals surface area contributed by atoms with Gasteiger partial charge in [-0.2, -0.15) is 0 Å². The molecule has 2 aliphatic heterocycles. The van der Waals surface area contributed by atoms with E-state index in [1.54, 1.807) is 6.07 Å². The van der Waals surface area contributed by atoms with E-state index in [0.29, 0.717) is 21.8 Å². The van der Waals surface area contributed by atoms with Crippen molar-refractivity contribution in [2.24, 2.45) is 0 Å². The van der Waals surface area contributed by atoms with E-state index in [0.717, 1.165) is 52.2 Å². The van der Waals surface area contributed by atoms with Crippen LogP contribution in [0.3, 0.4) is 0 Å². The molecule has 2 saturated heterocycles. The maximum atomic E-state index is 12.6. The molecule has 4 rings (SSSR count). The number of aromatic nitrogens is 1. The second-order valence-electron chi connectivity index (χ2n) is 7.07. The van der Waals surface area contributed by atoms with Gasteiger partial charge in [-0.1, -0.05) is 6.07 Å². The molecule has 28 heavy (non-hydrogen) atoms. The topological polar surface area (TPSA) is 74.8 Å². The van der Waals surface area contributed by atoms with Gasteiger partial charge in [-0.25, -0.2) is 4.98 Å². The fraction of sp³-hybridized carbons (Fsp3) is 0.526. The van der Waals surface area contributed by atoms with Crippen molar-refractivity contribution in [3.05, 3.63) is 33.5 Å². The highest BCUT2D eigenvalue weighted by Gasteiger charge is 2.25. The van der Waals surface area contributed by atoms with Crippen LogP contribution in [0.1, 0.15) is 28.2 Å². The zero-order valence-corrected chi connectivity index (χ0v) is 17.3. The average Bonchev–Trinajstić information content (AvgIpc) is 3.45. The smallest absolute Gasteiger partial charge is 0.267 e. The van der Waals surface area contributed by atoms with E-state index in [4.69, 9.17) is 4.74 Å². The van der Waals surface area contributed by atoms with Gasteiger partial charge in [0.15, 0.2) is 5.13 Å². The third-order valence-corrected chi connectivity index (χ3v) is 6.74. The Morgan fingerprint density at radius 2 is 2.11 bits per heavy atom. The van der Waals surface area contributed by atoms with Crippen molar-refractivity contribution in [1.29, 1.82) is 0 Å². The first-order valence-corrected chi connectivity index (χ1v) is 11.3. The van der Waals surface area contributed by atoms with Gasteiger partial charge in [-0.3, -0.25) is 19.8 Å². The molecule has 150 valence electrons. The summed E-state index contributed by atoms with van der Waals surface area (Å²) in [5.74, 6) is -0.0669. The van der Waals surface area contributed by atoms with E-state index >= 15 is 0 Å². The Morgan fingerprint density at radius 1 is 1.25 bits per heavy atom. The fourth-order valence-electron chi connectivity index (χ4n) is 3.53. The number of nitrogens with zero attached hydrogens (tertiary/aromatic N) is 3. The second-order valence-corrected chi connectivity index (χ2v) is 8.87. The van der Waals surface area contributed by atoms with Crippen LogP contribution in [0.25, 0.3) is 0 Å². The summed E-state index contributed by atoms with van der Waals surface area (Å²) >= 11 is 2.74. The minimum absolute atomic E-state index is 0.0956. The average molecular weight is 421 g/mol. The first-order valence-electron chi connectivity index (χ1n) is 9.58. The molecule has 2 aromatic heterocycles. The third kappa shape index (κ3) is 4.96. The summed E-state index contributed by atoms with van der Waals surface area (Å²) in [6, 6.07) is 3.61. The van der Waals surface area contributed by atoms with Crippen LogP contribution in [0.15, 0.2) is 22.9 Å². The van der Waals surface area contributed by atoms with E-state index in [1.807, 2.05) is 21.7 Å². The van der Waals surface area contributed by atoms with Gasteiger partial charge in [0.1, 0.15) is 0 Å². The van der Waals surface area contributed by atoms with E-state index in [-0.39, 0.29) is 18.2 Å². The van der Waals surface area contributed by atoms with E-state index < -0.39 is 0 Å². The predicted octanol–water partition coefficient (Wildman–Crippen LogP) is 2.32. The zero-order valence-electron chi connectivity index (χ0n) is 15.6. The number of piperazine rings is 1. The number of ether oxygens (including phenoxy) is 1. The molecule has 7 nitrogen and oxygen atoms in total. The van der Waals surface area contributed by atoms with Crippen LogP contribution in [-0.2, 0) is 16.0 Å². The molecular formula is C19H24N4O3S2. The lowest BCUT2D eigenvalue weighted by Crippen LogP contribution is -2.50. The number of carbonyl (C=O) groups is 2. The molecule has 0 radical (unpaired) electrons. The van der Waals surface area contributed by atoms with Crippen molar-refractivity contribution in [1.82, 2.24) is 14.8 Å². The highest BCUT2D eigenvalue weighted by atomic mass is 32.1. The summed E-state index contributed by atoms with van der Waals surface area (Å²) in [5, 5.41) is 7.03. The first kappa shape index (κ1) is 19.5. The standard InChI is InChI=1S/C19H24N4O3S2/c24-17(23-7-5-22(6-8-23)12-15-3-1-9-26-15)11-14-13-28-19(20-14)21-18(25)16-4-2-10-27-16/h2,4,10,13,15H,1,3,5-9,11-12H2,(H,20,21,25). The van der Waals surface area contributed by atoms with E-state index in [9.17, 15) is 9.59 Å². The molecule has 1 unspecified atom stereocenters. The summed E-state index contributed by atoms with van der Waals surface area (Å²) in [4.78, 5) is 34.0. The summed E-state index contributed by atoms with van der Waals surface area (Å²) in [6.45, 7) is 5.14. The summed E-state index contributed by atoms with van der Waals surface area (Å²) in [7, 11) is 0. The van der Waals surface area contributed by atoms with Crippen molar-refractivity contribution < 1.29 is 14.3 Å². The molecule has 0 spiro atoms. The molecule has 0 aromatic carbocycles. The van der Waals surface area contributed by atoms with Gasteiger partial charge in [-0.05, 0) is 24.3 Å². The number of thiazole rings is 1. The summed E-state index contributed by atoms with van der Waals surface area (Å²) in [6.07, 6.45) is 2.94. The van der Waals surface area contributed by atoms with Crippen molar-refractivity contribution in [2.75, 3.05) is 44.6 Å². The Bertz CT molecular complexity index is 794.